The molecule has 1 fully saturated rings. The molecule has 5 heteroatoms. The van der Waals surface area contributed by atoms with E-state index in [4.69, 9.17) is 10.5 Å². The molecule has 0 unspecified atom stereocenters. The summed E-state index contributed by atoms with van der Waals surface area (Å²) in [5, 5.41) is 2.90. The second kappa shape index (κ2) is 5.28. The fourth-order valence-corrected chi connectivity index (χ4v) is 2.45. The van der Waals surface area contributed by atoms with Crippen LogP contribution in [0.15, 0.2) is 22.7 Å². The van der Waals surface area contributed by atoms with E-state index in [-0.39, 0.29) is 11.5 Å². The summed E-state index contributed by atoms with van der Waals surface area (Å²) in [4.78, 5) is 12.1. The summed E-state index contributed by atoms with van der Waals surface area (Å²) in [7, 11) is 1.69. The van der Waals surface area contributed by atoms with Crippen LogP contribution in [0.5, 0.6) is 0 Å². The predicted molar refractivity (Wildman–Crippen MR) is 74.5 cm³/mol. The fraction of sp³-hybridized carbons (Fsp3) is 0.462. The molecule has 0 aromatic heterocycles. The van der Waals surface area contributed by atoms with Crippen LogP contribution >= 0.6 is 15.9 Å². The lowest BCUT2D eigenvalue weighted by Gasteiger charge is -2.40. The zero-order chi connectivity index (χ0) is 13.2. The number of methoxy groups -OCH3 is 1. The molecular formula is C13H17BrN2O2. The van der Waals surface area contributed by atoms with Gasteiger partial charge >= 0.3 is 0 Å². The quantitative estimate of drug-likeness (QED) is 0.839. The zero-order valence-corrected chi connectivity index (χ0v) is 11.9. The van der Waals surface area contributed by atoms with Crippen molar-refractivity contribution in [3.8, 4) is 0 Å². The summed E-state index contributed by atoms with van der Waals surface area (Å²) in [6.07, 6.45) is 3.15. The highest BCUT2D eigenvalue weighted by Crippen LogP contribution is 2.34. The Kier molecular flexibility index (Phi) is 3.92. The zero-order valence-electron chi connectivity index (χ0n) is 10.3. The molecule has 0 spiro atoms. The number of carbonyl (C=O) groups excluding carboxylic acids is 1. The Morgan fingerprint density at radius 3 is 2.83 bits per heavy atom. The van der Waals surface area contributed by atoms with E-state index < -0.39 is 0 Å². The number of anilines is 1. The van der Waals surface area contributed by atoms with Crippen LogP contribution in [0.2, 0.25) is 0 Å². The lowest BCUT2D eigenvalue weighted by Crippen LogP contribution is -2.49. The molecule has 0 saturated heterocycles. The number of hydrogen-bond donors (Lipinski definition) is 2. The highest BCUT2D eigenvalue weighted by atomic mass is 79.9. The molecule has 1 amide bonds. The molecule has 0 aliphatic heterocycles. The van der Waals surface area contributed by atoms with Crippen LogP contribution in [0.4, 0.5) is 5.69 Å². The summed E-state index contributed by atoms with van der Waals surface area (Å²) in [5.74, 6) is -0.155. The van der Waals surface area contributed by atoms with Gasteiger partial charge < -0.3 is 15.8 Å². The van der Waals surface area contributed by atoms with Gasteiger partial charge in [-0.3, -0.25) is 4.79 Å². The number of halogens is 1. The maximum Gasteiger partial charge on any atom is 0.253 e. The van der Waals surface area contributed by atoms with E-state index in [0.717, 1.165) is 23.7 Å². The molecule has 18 heavy (non-hydrogen) atoms. The van der Waals surface area contributed by atoms with Crippen molar-refractivity contribution in [2.75, 3.05) is 19.4 Å². The molecule has 1 saturated carbocycles. The van der Waals surface area contributed by atoms with Crippen molar-refractivity contribution in [2.45, 2.75) is 24.9 Å². The van der Waals surface area contributed by atoms with Crippen molar-refractivity contribution in [1.82, 2.24) is 5.32 Å². The molecule has 4 nitrogen and oxygen atoms in total. The summed E-state index contributed by atoms with van der Waals surface area (Å²) >= 11 is 3.33. The second-order valence-corrected chi connectivity index (χ2v) is 5.57. The van der Waals surface area contributed by atoms with E-state index in [2.05, 4.69) is 21.2 Å². The van der Waals surface area contributed by atoms with Crippen molar-refractivity contribution in [3.63, 3.8) is 0 Å². The second-order valence-electron chi connectivity index (χ2n) is 4.65. The molecule has 1 aliphatic carbocycles. The number of ether oxygens (including phenoxy) is 1. The van der Waals surface area contributed by atoms with Crippen LogP contribution in [-0.4, -0.2) is 25.2 Å². The SMILES string of the molecule is COC1(CNC(=O)c2cc(Br)ccc2N)CCC1. The Labute approximate surface area is 115 Å². The van der Waals surface area contributed by atoms with Crippen molar-refractivity contribution in [1.29, 1.82) is 0 Å². The number of amides is 1. The Morgan fingerprint density at radius 2 is 2.28 bits per heavy atom. The lowest BCUT2D eigenvalue weighted by molar-refractivity contribution is -0.0679. The molecule has 1 aromatic rings. The predicted octanol–water partition coefficient (Wildman–Crippen LogP) is 2.33. The van der Waals surface area contributed by atoms with Gasteiger partial charge in [-0.2, -0.15) is 0 Å². The van der Waals surface area contributed by atoms with Gasteiger partial charge in [0.25, 0.3) is 5.91 Å². The molecule has 1 aliphatic rings. The van der Waals surface area contributed by atoms with Gasteiger partial charge in [0.05, 0.1) is 11.2 Å². The highest BCUT2D eigenvalue weighted by Gasteiger charge is 2.37. The first-order valence-electron chi connectivity index (χ1n) is 5.95. The lowest BCUT2D eigenvalue weighted by atomic mass is 9.80. The third-order valence-electron chi connectivity index (χ3n) is 3.53. The van der Waals surface area contributed by atoms with Crippen LogP contribution in [0.3, 0.4) is 0 Å². The van der Waals surface area contributed by atoms with Gasteiger partial charge in [0.15, 0.2) is 0 Å². The Balaban J connectivity index is 2.01. The van der Waals surface area contributed by atoms with E-state index in [1.54, 1.807) is 19.2 Å². The molecule has 0 heterocycles. The maximum atomic E-state index is 12.1. The minimum atomic E-state index is -0.170. The number of nitrogen functional groups attached to an aromatic ring is 1. The van der Waals surface area contributed by atoms with Gasteiger partial charge in [-0.1, -0.05) is 15.9 Å². The highest BCUT2D eigenvalue weighted by molar-refractivity contribution is 9.10. The number of nitrogens with two attached hydrogens (primary N) is 1. The van der Waals surface area contributed by atoms with Crippen LogP contribution in [0.1, 0.15) is 29.6 Å². The average Bonchev–Trinajstić information content (AvgIpc) is 2.31. The van der Waals surface area contributed by atoms with E-state index in [9.17, 15) is 4.79 Å². The topological polar surface area (TPSA) is 64.3 Å². The third-order valence-corrected chi connectivity index (χ3v) is 4.02. The van der Waals surface area contributed by atoms with E-state index in [1.165, 1.54) is 0 Å². The van der Waals surface area contributed by atoms with Crippen molar-refractivity contribution >= 4 is 27.5 Å². The van der Waals surface area contributed by atoms with Crippen molar-refractivity contribution in [3.05, 3.63) is 28.2 Å². The van der Waals surface area contributed by atoms with Gasteiger partial charge in [0, 0.05) is 23.8 Å². The van der Waals surface area contributed by atoms with E-state index in [1.807, 2.05) is 6.07 Å². The van der Waals surface area contributed by atoms with Gasteiger partial charge in [-0.15, -0.1) is 0 Å². The molecule has 0 bridgehead atoms. The van der Waals surface area contributed by atoms with E-state index in [0.29, 0.717) is 17.8 Å². The maximum absolute atomic E-state index is 12.1. The van der Waals surface area contributed by atoms with Crippen LogP contribution < -0.4 is 11.1 Å². The molecule has 98 valence electrons. The largest absolute Gasteiger partial charge is 0.398 e. The monoisotopic (exact) mass is 312 g/mol. The fourth-order valence-electron chi connectivity index (χ4n) is 2.09. The van der Waals surface area contributed by atoms with Gasteiger partial charge in [-0.25, -0.2) is 0 Å². The first-order valence-corrected chi connectivity index (χ1v) is 6.74. The summed E-state index contributed by atoms with van der Waals surface area (Å²) < 4.78 is 6.30. The standard InChI is InChI=1S/C13H17BrN2O2/c1-18-13(5-2-6-13)8-16-12(17)10-7-9(14)3-4-11(10)15/h3-4,7H,2,5-6,8,15H2,1H3,(H,16,17). The minimum Gasteiger partial charge on any atom is -0.398 e. The molecular weight excluding hydrogens is 296 g/mol. The molecule has 3 N–H and O–H groups in total. The normalized spacial score (nSPS) is 17.0. The average molecular weight is 313 g/mol. The molecule has 1 aromatic carbocycles. The third kappa shape index (κ3) is 2.67. The Bertz CT molecular complexity index is 453. The Hall–Kier alpha value is -1.07. The molecule has 2 rings (SSSR count). The van der Waals surface area contributed by atoms with Gasteiger partial charge in [0.1, 0.15) is 0 Å². The number of carbonyl (C=O) groups is 1. The summed E-state index contributed by atoms with van der Waals surface area (Å²) in [6, 6.07) is 5.26. The van der Waals surface area contributed by atoms with Crippen LogP contribution in [0, 0.1) is 0 Å². The Morgan fingerprint density at radius 1 is 1.56 bits per heavy atom. The first kappa shape index (κ1) is 13.4. The number of benzene rings is 1. The van der Waals surface area contributed by atoms with Crippen molar-refractivity contribution in [2.24, 2.45) is 0 Å². The van der Waals surface area contributed by atoms with Crippen molar-refractivity contribution < 1.29 is 9.53 Å². The summed E-state index contributed by atoms with van der Waals surface area (Å²) in [5.41, 5.74) is 6.60. The number of rotatable bonds is 4. The smallest absolute Gasteiger partial charge is 0.253 e. The first-order chi connectivity index (χ1) is 8.56. The minimum absolute atomic E-state index is 0.155. The van der Waals surface area contributed by atoms with E-state index >= 15 is 0 Å². The number of hydrogen-bond acceptors (Lipinski definition) is 3. The molecule has 0 atom stereocenters. The summed E-state index contributed by atoms with van der Waals surface area (Å²) in [6.45, 7) is 0.536. The van der Waals surface area contributed by atoms with Gasteiger partial charge in [0.2, 0.25) is 0 Å². The van der Waals surface area contributed by atoms with Gasteiger partial charge in [-0.05, 0) is 37.5 Å². The van der Waals surface area contributed by atoms with Crippen LogP contribution in [-0.2, 0) is 4.74 Å². The van der Waals surface area contributed by atoms with Crippen LogP contribution in [0.25, 0.3) is 0 Å². The molecule has 0 radical (unpaired) electrons. The number of nitrogens with one attached hydrogen (secondary N) is 1.